The molecule has 1 aromatic heterocycles. The Balaban J connectivity index is 2.34. The molecule has 3 N–H and O–H groups in total. The summed E-state index contributed by atoms with van der Waals surface area (Å²) in [6, 6.07) is 3.53. The summed E-state index contributed by atoms with van der Waals surface area (Å²) < 4.78 is 6.74. The molecule has 0 fully saturated rings. The summed E-state index contributed by atoms with van der Waals surface area (Å²) in [6.45, 7) is 1.14. The fraction of sp³-hybridized carbons (Fsp3) is 0.333. The Hall–Kier alpha value is -0.810. The third kappa shape index (κ3) is 1.64. The number of hydrogen-bond acceptors (Lipinski definition) is 4. The van der Waals surface area contributed by atoms with Crippen LogP contribution in [0.25, 0.3) is 10.1 Å². The molecule has 2 heterocycles. The number of phenols is 1. The lowest BCUT2D eigenvalue weighted by atomic mass is 10.0. The first-order valence-electron chi connectivity index (χ1n) is 5.46. The Labute approximate surface area is 108 Å². The van der Waals surface area contributed by atoms with Crippen molar-refractivity contribution in [2.45, 2.75) is 12.5 Å². The lowest BCUT2D eigenvalue weighted by Crippen LogP contribution is -2.21. The standard InChI is InChI=1S/C12H12ClNO2S/c13-12-6(15)1-2-8-11(12)10-7(5-14)16-4-3-9(10)17-8/h1-2,7,15H,3-5,14H2. The van der Waals surface area contributed by atoms with Gasteiger partial charge in [0, 0.05) is 33.5 Å². The second-order valence-corrected chi connectivity index (χ2v) is 5.57. The molecule has 0 saturated carbocycles. The number of phenolic OH excluding ortho intramolecular Hbond substituents is 1. The third-order valence-electron chi connectivity index (χ3n) is 3.07. The van der Waals surface area contributed by atoms with Crippen molar-refractivity contribution in [3.63, 3.8) is 0 Å². The highest BCUT2D eigenvalue weighted by Crippen LogP contribution is 2.45. The molecule has 3 nitrogen and oxygen atoms in total. The molecule has 5 heteroatoms. The molecular weight excluding hydrogens is 258 g/mol. The highest BCUT2D eigenvalue weighted by atomic mass is 35.5. The molecule has 0 aliphatic carbocycles. The number of rotatable bonds is 1. The molecule has 1 unspecified atom stereocenters. The van der Waals surface area contributed by atoms with Crippen LogP contribution in [-0.2, 0) is 11.2 Å². The van der Waals surface area contributed by atoms with Crippen molar-refractivity contribution in [3.8, 4) is 5.75 Å². The Morgan fingerprint density at radius 3 is 3.12 bits per heavy atom. The van der Waals surface area contributed by atoms with E-state index in [1.807, 2.05) is 6.07 Å². The highest BCUT2D eigenvalue weighted by Gasteiger charge is 2.26. The normalized spacial score (nSPS) is 19.5. The Kier molecular flexibility index (Phi) is 2.75. The van der Waals surface area contributed by atoms with Crippen LogP contribution in [0.15, 0.2) is 12.1 Å². The van der Waals surface area contributed by atoms with E-state index < -0.39 is 0 Å². The first-order valence-corrected chi connectivity index (χ1v) is 6.66. The monoisotopic (exact) mass is 269 g/mol. The molecule has 0 saturated heterocycles. The molecule has 90 valence electrons. The van der Waals surface area contributed by atoms with Gasteiger partial charge >= 0.3 is 0 Å². The lowest BCUT2D eigenvalue weighted by molar-refractivity contribution is 0.0508. The van der Waals surface area contributed by atoms with E-state index >= 15 is 0 Å². The average molecular weight is 270 g/mol. The van der Waals surface area contributed by atoms with Crippen molar-refractivity contribution in [1.29, 1.82) is 0 Å². The van der Waals surface area contributed by atoms with E-state index in [-0.39, 0.29) is 11.9 Å². The zero-order chi connectivity index (χ0) is 12.0. The summed E-state index contributed by atoms with van der Waals surface area (Å²) in [7, 11) is 0. The molecule has 17 heavy (non-hydrogen) atoms. The Bertz CT molecular complexity index is 581. The van der Waals surface area contributed by atoms with Gasteiger partial charge < -0.3 is 15.6 Å². The number of ether oxygens (including phenoxy) is 1. The first-order chi connectivity index (χ1) is 8.22. The van der Waals surface area contributed by atoms with Crippen LogP contribution in [0.5, 0.6) is 5.75 Å². The van der Waals surface area contributed by atoms with E-state index in [1.165, 1.54) is 4.88 Å². The van der Waals surface area contributed by atoms with Crippen LogP contribution in [0.2, 0.25) is 5.02 Å². The second kappa shape index (κ2) is 4.14. The first kappa shape index (κ1) is 11.3. The van der Waals surface area contributed by atoms with E-state index in [4.69, 9.17) is 22.1 Å². The average Bonchev–Trinajstić information content (AvgIpc) is 2.72. The predicted molar refractivity (Wildman–Crippen MR) is 70.0 cm³/mol. The molecule has 1 aromatic carbocycles. The zero-order valence-corrected chi connectivity index (χ0v) is 10.6. The summed E-state index contributed by atoms with van der Waals surface area (Å²) >= 11 is 7.90. The lowest BCUT2D eigenvalue weighted by Gasteiger charge is -2.22. The maximum atomic E-state index is 9.70. The molecule has 1 atom stereocenters. The minimum atomic E-state index is -0.105. The smallest absolute Gasteiger partial charge is 0.134 e. The molecular formula is C12H12ClNO2S. The van der Waals surface area contributed by atoms with Gasteiger partial charge in [0.15, 0.2) is 0 Å². The maximum absolute atomic E-state index is 9.70. The summed E-state index contributed by atoms with van der Waals surface area (Å²) in [5.74, 6) is 0.112. The van der Waals surface area contributed by atoms with Gasteiger partial charge in [-0.25, -0.2) is 0 Å². The summed E-state index contributed by atoms with van der Waals surface area (Å²) in [4.78, 5) is 1.27. The molecule has 1 aliphatic heterocycles. The van der Waals surface area contributed by atoms with Crippen LogP contribution in [0, 0.1) is 0 Å². The summed E-state index contributed by atoms with van der Waals surface area (Å²) in [5.41, 5.74) is 6.80. The number of hydrogen-bond donors (Lipinski definition) is 2. The van der Waals surface area contributed by atoms with Gasteiger partial charge in [0.2, 0.25) is 0 Å². The van der Waals surface area contributed by atoms with Crippen molar-refractivity contribution >= 4 is 33.0 Å². The van der Waals surface area contributed by atoms with E-state index in [1.54, 1.807) is 17.4 Å². The van der Waals surface area contributed by atoms with E-state index in [2.05, 4.69) is 0 Å². The van der Waals surface area contributed by atoms with E-state index in [0.29, 0.717) is 18.2 Å². The van der Waals surface area contributed by atoms with Gasteiger partial charge in [-0.05, 0) is 12.1 Å². The molecule has 0 bridgehead atoms. The predicted octanol–water partition coefficient (Wildman–Crippen LogP) is 2.83. The third-order valence-corrected chi connectivity index (χ3v) is 4.68. The number of benzene rings is 1. The quantitative estimate of drug-likeness (QED) is 0.837. The fourth-order valence-corrected chi connectivity index (χ4v) is 3.87. The van der Waals surface area contributed by atoms with Crippen molar-refractivity contribution in [1.82, 2.24) is 0 Å². The van der Waals surface area contributed by atoms with Gasteiger partial charge in [-0.1, -0.05) is 11.6 Å². The SMILES string of the molecule is NCC1OCCc2sc3ccc(O)c(Cl)c3c21. The largest absolute Gasteiger partial charge is 0.506 e. The van der Waals surface area contributed by atoms with Gasteiger partial charge in [0.05, 0.1) is 17.7 Å². The van der Waals surface area contributed by atoms with E-state index in [9.17, 15) is 5.11 Å². The number of aromatic hydroxyl groups is 1. The van der Waals surface area contributed by atoms with Gasteiger partial charge in [-0.2, -0.15) is 0 Å². The van der Waals surface area contributed by atoms with Gasteiger partial charge in [0.25, 0.3) is 0 Å². The topological polar surface area (TPSA) is 55.5 Å². The number of thiophene rings is 1. The molecule has 0 spiro atoms. The fourth-order valence-electron chi connectivity index (χ4n) is 2.30. The molecule has 0 radical (unpaired) electrons. The minimum Gasteiger partial charge on any atom is -0.506 e. The Morgan fingerprint density at radius 1 is 1.53 bits per heavy atom. The number of halogens is 1. The highest BCUT2D eigenvalue weighted by molar-refractivity contribution is 7.19. The minimum absolute atomic E-state index is 0.105. The summed E-state index contributed by atoms with van der Waals surface area (Å²) in [6.07, 6.45) is 0.786. The zero-order valence-electron chi connectivity index (χ0n) is 9.07. The van der Waals surface area contributed by atoms with Crippen molar-refractivity contribution in [3.05, 3.63) is 27.6 Å². The summed E-state index contributed by atoms with van der Waals surface area (Å²) in [5, 5.41) is 11.0. The second-order valence-electron chi connectivity index (χ2n) is 4.06. The van der Waals surface area contributed by atoms with Crippen molar-refractivity contribution in [2.75, 3.05) is 13.2 Å². The van der Waals surface area contributed by atoms with Crippen LogP contribution in [0.3, 0.4) is 0 Å². The number of nitrogens with two attached hydrogens (primary N) is 1. The van der Waals surface area contributed by atoms with Crippen LogP contribution < -0.4 is 5.73 Å². The Morgan fingerprint density at radius 2 is 2.35 bits per heavy atom. The van der Waals surface area contributed by atoms with Crippen molar-refractivity contribution in [2.24, 2.45) is 5.73 Å². The molecule has 1 aliphatic rings. The number of fused-ring (bicyclic) bond motifs is 3. The van der Waals surface area contributed by atoms with Gasteiger partial charge in [-0.15, -0.1) is 11.3 Å². The molecule has 0 amide bonds. The maximum Gasteiger partial charge on any atom is 0.134 e. The van der Waals surface area contributed by atoms with Crippen LogP contribution in [-0.4, -0.2) is 18.3 Å². The van der Waals surface area contributed by atoms with Crippen LogP contribution >= 0.6 is 22.9 Å². The van der Waals surface area contributed by atoms with Crippen LogP contribution in [0.4, 0.5) is 0 Å². The molecule has 3 rings (SSSR count). The molecule has 2 aromatic rings. The van der Waals surface area contributed by atoms with Gasteiger partial charge in [-0.3, -0.25) is 0 Å². The van der Waals surface area contributed by atoms with Gasteiger partial charge in [0.1, 0.15) is 5.75 Å². The van der Waals surface area contributed by atoms with E-state index in [0.717, 1.165) is 22.1 Å². The van der Waals surface area contributed by atoms with Crippen molar-refractivity contribution < 1.29 is 9.84 Å². The van der Waals surface area contributed by atoms with Crippen LogP contribution in [0.1, 0.15) is 16.5 Å².